The molecule has 0 unspecified atom stereocenters. The smallest absolute Gasteiger partial charge is 0.338 e. The summed E-state index contributed by atoms with van der Waals surface area (Å²) >= 11 is 0. The van der Waals surface area contributed by atoms with Crippen LogP contribution in [0.4, 0.5) is 17.5 Å². The van der Waals surface area contributed by atoms with Crippen LogP contribution in [0.2, 0.25) is 0 Å². The normalized spacial score (nSPS) is 11.5. The van der Waals surface area contributed by atoms with Crippen molar-refractivity contribution in [3.8, 4) is 5.82 Å². The SMILES string of the molecule is CC(C)(C)Nc1nc(Nc2cc(-n3cc(C(=O)O)cn3)ncn2)cc2ccn(CCO)c(=O)c12. The summed E-state index contributed by atoms with van der Waals surface area (Å²) < 4.78 is 2.78. The zero-order chi connectivity index (χ0) is 24.5. The molecule has 0 amide bonds. The minimum atomic E-state index is -1.09. The van der Waals surface area contributed by atoms with Crippen LogP contribution in [0.1, 0.15) is 31.1 Å². The third-order valence-corrected chi connectivity index (χ3v) is 4.77. The number of aliphatic hydroxyl groups is 1. The van der Waals surface area contributed by atoms with Crippen LogP contribution in [0.15, 0.2) is 47.9 Å². The lowest BCUT2D eigenvalue weighted by Crippen LogP contribution is -2.29. The second-order valence-corrected chi connectivity index (χ2v) is 8.60. The van der Waals surface area contributed by atoms with Gasteiger partial charge in [0.25, 0.3) is 5.56 Å². The Labute approximate surface area is 193 Å². The predicted octanol–water partition coefficient (Wildman–Crippen LogP) is 2.02. The van der Waals surface area contributed by atoms with E-state index < -0.39 is 5.97 Å². The van der Waals surface area contributed by atoms with E-state index in [0.29, 0.717) is 34.0 Å². The van der Waals surface area contributed by atoms with E-state index in [9.17, 15) is 14.7 Å². The van der Waals surface area contributed by atoms with E-state index in [2.05, 4.69) is 30.7 Å². The van der Waals surface area contributed by atoms with Crippen LogP contribution in [-0.2, 0) is 6.54 Å². The quantitative estimate of drug-likeness (QED) is 0.318. The highest BCUT2D eigenvalue weighted by molar-refractivity contribution is 5.93. The van der Waals surface area contributed by atoms with Gasteiger partial charge in [-0.05, 0) is 38.3 Å². The molecule has 0 saturated heterocycles. The molecule has 0 aliphatic heterocycles. The fraction of sp³-hybridized carbons (Fsp3) is 0.273. The molecule has 4 rings (SSSR count). The molecule has 34 heavy (non-hydrogen) atoms. The van der Waals surface area contributed by atoms with Crippen LogP contribution < -0.4 is 16.2 Å². The average molecular weight is 464 g/mol. The lowest BCUT2D eigenvalue weighted by atomic mass is 10.1. The number of hydrogen-bond acceptors (Lipinski definition) is 9. The molecular formula is C22H24N8O4. The van der Waals surface area contributed by atoms with Gasteiger partial charge >= 0.3 is 5.97 Å². The van der Waals surface area contributed by atoms with Crippen molar-refractivity contribution in [3.63, 3.8) is 0 Å². The van der Waals surface area contributed by atoms with Crippen LogP contribution in [0.5, 0.6) is 0 Å². The minimum absolute atomic E-state index is 0.0362. The number of rotatable bonds is 7. The van der Waals surface area contributed by atoms with Gasteiger partial charge in [-0.3, -0.25) is 4.79 Å². The minimum Gasteiger partial charge on any atom is -0.478 e. The Bertz CT molecular complexity index is 1420. The molecule has 12 nitrogen and oxygen atoms in total. The molecule has 0 saturated carbocycles. The summed E-state index contributed by atoms with van der Waals surface area (Å²) in [5.74, 6) is 0.522. The number of aliphatic hydroxyl groups excluding tert-OH is 1. The van der Waals surface area contributed by atoms with Crippen LogP contribution in [-0.4, -0.2) is 57.6 Å². The molecule has 4 heterocycles. The molecule has 0 spiro atoms. The Balaban J connectivity index is 1.74. The number of aromatic carboxylic acids is 1. The Morgan fingerprint density at radius 1 is 1.18 bits per heavy atom. The lowest BCUT2D eigenvalue weighted by molar-refractivity contribution is 0.0697. The maximum Gasteiger partial charge on any atom is 0.338 e. The van der Waals surface area contributed by atoms with E-state index in [1.807, 2.05) is 20.8 Å². The van der Waals surface area contributed by atoms with Gasteiger partial charge in [0.2, 0.25) is 0 Å². The molecular weight excluding hydrogens is 440 g/mol. The van der Waals surface area contributed by atoms with Gasteiger partial charge in [-0.1, -0.05) is 0 Å². The zero-order valence-electron chi connectivity index (χ0n) is 18.8. The summed E-state index contributed by atoms with van der Waals surface area (Å²) in [6.07, 6.45) is 5.54. The number of fused-ring (bicyclic) bond motifs is 1. The predicted molar refractivity (Wildman–Crippen MR) is 126 cm³/mol. The van der Waals surface area contributed by atoms with Crippen LogP contribution >= 0.6 is 0 Å². The van der Waals surface area contributed by atoms with E-state index in [-0.39, 0.29) is 29.8 Å². The monoisotopic (exact) mass is 464 g/mol. The summed E-state index contributed by atoms with van der Waals surface area (Å²) in [5.41, 5.74) is -0.587. The fourth-order valence-electron chi connectivity index (χ4n) is 3.33. The highest BCUT2D eigenvalue weighted by atomic mass is 16.4. The maximum atomic E-state index is 13.0. The van der Waals surface area contributed by atoms with Gasteiger partial charge in [-0.25, -0.2) is 24.4 Å². The number of carboxylic acid groups (broad SMARTS) is 1. The standard InChI is InChI=1S/C22H24N8O4/c1-22(2,3)28-19-18-13(4-5-29(6-7-31)20(18)32)8-16(27-19)26-15-9-17(24-12-23-15)30-11-14(10-25-30)21(33)34/h4-5,8-12,31H,6-7H2,1-3H3,(H,33,34)(H2,23,24,26,27,28). The van der Waals surface area contributed by atoms with Gasteiger partial charge in [0.15, 0.2) is 5.82 Å². The van der Waals surface area contributed by atoms with Crippen molar-refractivity contribution in [2.75, 3.05) is 17.2 Å². The molecule has 4 N–H and O–H groups in total. The van der Waals surface area contributed by atoms with Crippen molar-refractivity contribution in [1.29, 1.82) is 0 Å². The van der Waals surface area contributed by atoms with E-state index >= 15 is 0 Å². The van der Waals surface area contributed by atoms with Crippen LogP contribution in [0.25, 0.3) is 16.6 Å². The summed E-state index contributed by atoms with van der Waals surface area (Å²) in [6.45, 7) is 5.91. The Kier molecular flexibility index (Phi) is 5.99. The summed E-state index contributed by atoms with van der Waals surface area (Å²) in [4.78, 5) is 37.1. The first-order valence-corrected chi connectivity index (χ1v) is 10.5. The Hall–Kier alpha value is -4.32. The first-order valence-electron chi connectivity index (χ1n) is 10.5. The molecule has 4 aromatic rings. The fourth-order valence-corrected chi connectivity index (χ4v) is 3.33. The Morgan fingerprint density at radius 2 is 1.97 bits per heavy atom. The number of carboxylic acids is 1. The van der Waals surface area contributed by atoms with Crippen molar-refractivity contribution in [2.45, 2.75) is 32.9 Å². The third kappa shape index (κ3) is 4.86. The molecule has 176 valence electrons. The van der Waals surface area contributed by atoms with E-state index in [4.69, 9.17) is 5.11 Å². The molecule has 0 radical (unpaired) electrons. The first kappa shape index (κ1) is 22.9. The van der Waals surface area contributed by atoms with E-state index in [1.54, 1.807) is 24.4 Å². The summed E-state index contributed by atoms with van der Waals surface area (Å²) in [5, 5.41) is 29.9. The van der Waals surface area contributed by atoms with Crippen molar-refractivity contribution in [2.24, 2.45) is 0 Å². The number of nitrogens with zero attached hydrogens (tertiary/aromatic N) is 6. The largest absolute Gasteiger partial charge is 0.478 e. The number of hydrogen-bond donors (Lipinski definition) is 4. The number of anilines is 3. The molecule has 0 aromatic carbocycles. The van der Waals surface area contributed by atoms with Crippen molar-refractivity contribution in [3.05, 3.63) is 59.0 Å². The molecule has 0 bridgehead atoms. The van der Waals surface area contributed by atoms with Gasteiger partial charge in [0, 0.05) is 30.5 Å². The Morgan fingerprint density at radius 3 is 2.65 bits per heavy atom. The lowest BCUT2D eigenvalue weighted by Gasteiger charge is -2.23. The highest BCUT2D eigenvalue weighted by Gasteiger charge is 2.18. The summed E-state index contributed by atoms with van der Waals surface area (Å²) in [6, 6.07) is 5.11. The van der Waals surface area contributed by atoms with Crippen molar-refractivity contribution in [1.82, 2.24) is 29.3 Å². The molecule has 0 aliphatic carbocycles. The van der Waals surface area contributed by atoms with Crippen molar-refractivity contribution < 1.29 is 15.0 Å². The van der Waals surface area contributed by atoms with Gasteiger partial charge in [0.1, 0.15) is 23.8 Å². The highest BCUT2D eigenvalue weighted by Crippen LogP contribution is 2.26. The van der Waals surface area contributed by atoms with Crippen LogP contribution in [0.3, 0.4) is 0 Å². The summed E-state index contributed by atoms with van der Waals surface area (Å²) in [7, 11) is 0. The molecule has 0 aliphatic rings. The van der Waals surface area contributed by atoms with E-state index in [0.717, 1.165) is 0 Å². The zero-order valence-corrected chi connectivity index (χ0v) is 18.8. The van der Waals surface area contributed by atoms with Gasteiger partial charge in [-0.2, -0.15) is 5.10 Å². The second-order valence-electron chi connectivity index (χ2n) is 8.60. The van der Waals surface area contributed by atoms with E-state index in [1.165, 1.54) is 28.0 Å². The number of nitrogens with one attached hydrogen (secondary N) is 2. The third-order valence-electron chi connectivity index (χ3n) is 4.77. The first-order chi connectivity index (χ1) is 16.1. The van der Waals surface area contributed by atoms with Gasteiger partial charge < -0.3 is 25.4 Å². The molecule has 0 atom stereocenters. The van der Waals surface area contributed by atoms with Crippen molar-refractivity contribution >= 4 is 34.2 Å². The molecule has 0 fully saturated rings. The van der Waals surface area contributed by atoms with Crippen LogP contribution in [0, 0.1) is 0 Å². The maximum absolute atomic E-state index is 13.0. The molecule has 12 heteroatoms. The number of aromatic nitrogens is 6. The second kappa shape index (κ2) is 8.90. The van der Waals surface area contributed by atoms with Gasteiger partial charge in [-0.15, -0.1) is 0 Å². The number of pyridine rings is 2. The number of carbonyl (C=O) groups is 1. The topological polar surface area (TPSA) is 160 Å². The molecule has 4 aromatic heterocycles. The van der Waals surface area contributed by atoms with Gasteiger partial charge in [0.05, 0.1) is 23.8 Å². The average Bonchev–Trinajstić information content (AvgIpc) is 3.26.